The van der Waals surface area contributed by atoms with Gasteiger partial charge in [-0.25, -0.2) is 4.68 Å². The second-order valence-corrected chi connectivity index (χ2v) is 7.96. The first-order valence-corrected chi connectivity index (χ1v) is 11.1. The van der Waals surface area contributed by atoms with Gasteiger partial charge in [-0.1, -0.05) is 18.2 Å². The molecule has 0 fully saturated rings. The Labute approximate surface area is 190 Å². The van der Waals surface area contributed by atoms with Gasteiger partial charge < -0.3 is 19.4 Å². The number of aromatic amines is 1. The molecule has 33 heavy (non-hydrogen) atoms. The second kappa shape index (κ2) is 9.03. The fraction of sp³-hybridized carbons (Fsp3) is 0.333. The first-order valence-electron chi connectivity index (χ1n) is 11.1. The van der Waals surface area contributed by atoms with Crippen LogP contribution in [0.3, 0.4) is 0 Å². The van der Waals surface area contributed by atoms with Crippen molar-refractivity contribution in [3.8, 4) is 5.75 Å². The molecule has 0 saturated heterocycles. The number of nitrogens with one attached hydrogen (secondary N) is 1. The van der Waals surface area contributed by atoms with E-state index < -0.39 is 6.04 Å². The molecule has 0 spiro atoms. The average molecular weight is 447 g/mol. The first kappa shape index (κ1) is 21.1. The molecule has 2 aromatic heterocycles. The van der Waals surface area contributed by atoms with Gasteiger partial charge >= 0.3 is 0 Å². The van der Waals surface area contributed by atoms with Crippen LogP contribution in [0.2, 0.25) is 0 Å². The normalized spacial score (nSPS) is 13.9. The molecule has 0 unspecified atom stereocenters. The van der Waals surface area contributed by atoms with Gasteiger partial charge in [0.15, 0.2) is 5.82 Å². The molecule has 170 valence electrons. The highest BCUT2D eigenvalue weighted by atomic mass is 16.5. The van der Waals surface area contributed by atoms with E-state index in [1.54, 1.807) is 11.8 Å². The van der Waals surface area contributed by atoms with Crippen molar-refractivity contribution < 1.29 is 9.47 Å². The maximum Gasteiger partial charge on any atom is 0.254 e. The van der Waals surface area contributed by atoms with Crippen molar-refractivity contribution in [1.29, 1.82) is 0 Å². The number of pyridine rings is 1. The quantitative estimate of drug-likeness (QED) is 0.444. The minimum absolute atomic E-state index is 0.165. The second-order valence-electron chi connectivity index (χ2n) is 7.96. The summed E-state index contributed by atoms with van der Waals surface area (Å²) in [6.07, 6.45) is 0.895. The van der Waals surface area contributed by atoms with Crippen LogP contribution in [0, 0.1) is 0 Å². The molecule has 9 heteroatoms. The fourth-order valence-corrected chi connectivity index (χ4v) is 4.48. The molecule has 0 saturated carbocycles. The van der Waals surface area contributed by atoms with Gasteiger partial charge in [0.2, 0.25) is 0 Å². The number of H-pyrrole nitrogens is 1. The van der Waals surface area contributed by atoms with Crippen molar-refractivity contribution in [2.24, 2.45) is 0 Å². The number of aromatic nitrogens is 5. The van der Waals surface area contributed by atoms with Gasteiger partial charge in [-0.2, -0.15) is 0 Å². The van der Waals surface area contributed by atoms with E-state index in [9.17, 15) is 4.79 Å². The highest BCUT2D eigenvalue weighted by molar-refractivity contribution is 5.81. The number of benzene rings is 2. The van der Waals surface area contributed by atoms with Crippen LogP contribution in [-0.4, -0.2) is 52.1 Å². The van der Waals surface area contributed by atoms with Crippen molar-refractivity contribution in [3.63, 3.8) is 0 Å². The molecule has 1 aliphatic rings. The number of anilines is 1. The molecule has 0 radical (unpaired) electrons. The van der Waals surface area contributed by atoms with Crippen LogP contribution in [0.4, 0.5) is 5.69 Å². The predicted molar refractivity (Wildman–Crippen MR) is 125 cm³/mol. The SMILES string of the molecule is CCOc1ccc2[nH]c(=O)c([C@H](c3nnnn3CCOC)N3CCc4ccccc43)cc2c1. The van der Waals surface area contributed by atoms with Crippen LogP contribution in [0.5, 0.6) is 5.75 Å². The molecule has 1 aliphatic heterocycles. The zero-order valence-electron chi connectivity index (χ0n) is 18.7. The topological polar surface area (TPSA) is 98.2 Å². The fourth-order valence-electron chi connectivity index (χ4n) is 4.48. The molecule has 1 N–H and O–H groups in total. The molecular weight excluding hydrogens is 420 g/mol. The molecule has 4 aromatic rings. The third kappa shape index (κ3) is 3.95. The van der Waals surface area contributed by atoms with Gasteiger partial charge in [0.1, 0.15) is 11.8 Å². The summed E-state index contributed by atoms with van der Waals surface area (Å²) in [6.45, 7) is 4.24. The number of rotatable bonds is 8. The number of hydrogen-bond donors (Lipinski definition) is 1. The van der Waals surface area contributed by atoms with E-state index in [4.69, 9.17) is 9.47 Å². The summed E-state index contributed by atoms with van der Waals surface area (Å²) in [5.74, 6) is 1.37. The van der Waals surface area contributed by atoms with Crippen LogP contribution in [0.25, 0.3) is 10.9 Å². The lowest BCUT2D eigenvalue weighted by Crippen LogP contribution is -2.34. The maximum atomic E-state index is 13.4. The summed E-state index contributed by atoms with van der Waals surface area (Å²) >= 11 is 0. The first-order chi connectivity index (χ1) is 16.2. The number of para-hydroxylation sites is 1. The Balaban J connectivity index is 1.68. The molecule has 3 heterocycles. The van der Waals surface area contributed by atoms with Crippen molar-refractivity contribution in [3.05, 3.63) is 75.8 Å². The Morgan fingerprint density at radius 2 is 2.06 bits per heavy atom. The summed E-state index contributed by atoms with van der Waals surface area (Å²) in [7, 11) is 1.64. The smallest absolute Gasteiger partial charge is 0.254 e. The van der Waals surface area contributed by atoms with Crippen LogP contribution >= 0.6 is 0 Å². The summed E-state index contributed by atoms with van der Waals surface area (Å²) in [4.78, 5) is 18.6. The van der Waals surface area contributed by atoms with Crippen molar-refractivity contribution >= 4 is 16.6 Å². The molecule has 0 amide bonds. The lowest BCUT2D eigenvalue weighted by atomic mass is 10.0. The van der Waals surface area contributed by atoms with E-state index in [1.165, 1.54) is 5.56 Å². The zero-order valence-corrected chi connectivity index (χ0v) is 18.7. The third-order valence-corrected chi connectivity index (χ3v) is 6.00. The van der Waals surface area contributed by atoms with E-state index in [0.717, 1.165) is 35.3 Å². The zero-order chi connectivity index (χ0) is 22.8. The molecule has 0 aliphatic carbocycles. The van der Waals surface area contributed by atoms with E-state index >= 15 is 0 Å². The van der Waals surface area contributed by atoms with Gasteiger partial charge in [-0.05, 0) is 59.7 Å². The minimum Gasteiger partial charge on any atom is -0.494 e. The molecule has 2 aromatic carbocycles. The summed E-state index contributed by atoms with van der Waals surface area (Å²) in [5, 5.41) is 13.4. The lowest BCUT2D eigenvalue weighted by Gasteiger charge is -2.29. The number of methoxy groups -OCH3 is 1. The number of fused-ring (bicyclic) bond motifs is 2. The molecule has 0 bridgehead atoms. The van der Waals surface area contributed by atoms with Crippen LogP contribution < -0.4 is 15.2 Å². The summed E-state index contributed by atoms with van der Waals surface area (Å²) < 4.78 is 12.6. The number of ether oxygens (including phenoxy) is 2. The van der Waals surface area contributed by atoms with Gasteiger partial charge in [0, 0.05) is 35.8 Å². The van der Waals surface area contributed by atoms with Crippen molar-refractivity contribution in [2.45, 2.75) is 25.9 Å². The Bertz CT molecular complexity index is 1330. The van der Waals surface area contributed by atoms with Crippen LogP contribution in [-0.2, 0) is 17.7 Å². The Morgan fingerprint density at radius 1 is 1.18 bits per heavy atom. The minimum atomic E-state index is -0.454. The number of tetrazole rings is 1. The maximum absolute atomic E-state index is 13.4. The highest BCUT2D eigenvalue weighted by Gasteiger charge is 2.34. The standard InChI is InChI=1S/C24H26N6O3/c1-3-33-18-8-9-20-17(14-18)15-19(24(31)25-20)22(23-26-27-28-30(23)12-13-32-2)29-11-10-16-6-4-5-7-21(16)29/h4-9,14-15,22H,3,10-13H2,1-2H3,(H,25,31)/t22-/m1/s1. The molecular formula is C24H26N6O3. The van der Waals surface area contributed by atoms with Gasteiger partial charge in [0.05, 0.1) is 19.8 Å². The van der Waals surface area contributed by atoms with Crippen LogP contribution in [0.1, 0.15) is 29.9 Å². The van der Waals surface area contributed by atoms with Gasteiger partial charge in [0.25, 0.3) is 5.56 Å². The van der Waals surface area contributed by atoms with Crippen molar-refractivity contribution in [1.82, 2.24) is 25.2 Å². The molecule has 9 nitrogen and oxygen atoms in total. The summed E-state index contributed by atoms with van der Waals surface area (Å²) in [6, 6.07) is 15.4. The van der Waals surface area contributed by atoms with Gasteiger partial charge in [-0.15, -0.1) is 5.10 Å². The molecule has 1 atom stereocenters. The van der Waals surface area contributed by atoms with E-state index in [-0.39, 0.29) is 5.56 Å². The Hall–Kier alpha value is -3.72. The van der Waals surface area contributed by atoms with Crippen LogP contribution in [0.15, 0.2) is 53.3 Å². The Kier molecular flexibility index (Phi) is 5.78. The van der Waals surface area contributed by atoms with Crippen molar-refractivity contribution in [2.75, 3.05) is 31.8 Å². The predicted octanol–water partition coefficient (Wildman–Crippen LogP) is 2.71. The number of nitrogens with zero attached hydrogens (tertiary/aromatic N) is 5. The Morgan fingerprint density at radius 3 is 2.91 bits per heavy atom. The monoisotopic (exact) mass is 446 g/mol. The van der Waals surface area contributed by atoms with Gasteiger partial charge in [-0.3, -0.25) is 4.79 Å². The van der Waals surface area contributed by atoms with E-state index in [2.05, 4.69) is 37.5 Å². The highest BCUT2D eigenvalue weighted by Crippen LogP contribution is 2.37. The number of hydrogen-bond acceptors (Lipinski definition) is 7. The summed E-state index contributed by atoms with van der Waals surface area (Å²) in [5.41, 5.74) is 3.51. The largest absolute Gasteiger partial charge is 0.494 e. The van der Waals surface area contributed by atoms with E-state index in [1.807, 2.05) is 43.3 Å². The molecule has 5 rings (SSSR count). The average Bonchev–Trinajstić information content (AvgIpc) is 3.46. The third-order valence-electron chi connectivity index (χ3n) is 6.00. The van der Waals surface area contributed by atoms with E-state index in [0.29, 0.717) is 31.1 Å². The lowest BCUT2D eigenvalue weighted by molar-refractivity contribution is 0.181.